The molecular formula is C15H10F7N3O. The van der Waals surface area contributed by atoms with Crippen LogP contribution in [-0.4, -0.2) is 15.7 Å². The highest BCUT2D eigenvalue weighted by Gasteiger charge is 2.31. The van der Waals surface area contributed by atoms with Crippen molar-refractivity contribution in [3.05, 3.63) is 46.5 Å². The lowest BCUT2D eigenvalue weighted by molar-refractivity contribution is -0.117. The van der Waals surface area contributed by atoms with Crippen molar-refractivity contribution in [3.8, 4) is 0 Å². The molecule has 0 aliphatic heterocycles. The molecule has 0 radical (unpaired) electrons. The van der Waals surface area contributed by atoms with Crippen LogP contribution < -0.4 is 5.32 Å². The molecule has 1 fully saturated rings. The van der Waals surface area contributed by atoms with Gasteiger partial charge in [-0.2, -0.15) is 5.10 Å². The summed E-state index contributed by atoms with van der Waals surface area (Å²) in [4.78, 5) is 11.9. The maximum Gasteiger partial charge on any atom is 0.282 e. The van der Waals surface area contributed by atoms with Crippen LogP contribution in [0.5, 0.6) is 0 Å². The first-order chi connectivity index (χ1) is 12.2. The second-order valence-electron chi connectivity index (χ2n) is 5.72. The Balaban J connectivity index is 1.85. The van der Waals surface area contributed by atoms with Gasteiger partial charge in [-0.25, -0.2) is 30.7 Å². The number of hydrogen-bond donors (Lipinski definition) is 1. The van der Waals surface area contributed by atoms with Gasteiger partial charge in [-0.05, 0) is 18.9 Å². The highest BCUT2D eigenvalue weighted by molar-refractivity contribution is 5.90. The Morgan fingerprint density at radius 2 is 1.62 bits per heavy atom. The molecule has 1 aliphatic rings. The first-order valence-corrected chi connectivity index (χ1v) is 7.37. The van der Waals surface area contributed by atoms with Crippen LogP contribution in [0.15, 0.2) is 6.07 Å². The van der Waals surface area contributed by atoms with E-state index in [0.717, 1.165) is 10.7 Å². The van der Waals surface area contributed by atoms with E-state index in [9.17, 15) is 35.5 Å². The Morgan fingerprint density at radius 3 is 2.12 bits per heavy atom. The molecule has 4 nitrogen and oxygen atoms in total. The van der Waals surface area contributed by atoms with Crippen LogP contribution in [-0.2, 0) is 11.3 Å². The molecule has 0 unspecified atom stereocenters. The topological polar surface area (TPSA) is 46.9 Å². The maximum absolute atomic E-state index is 13.6. The molecule has 1 aromatic carbocycles. The third kappa shape index (κ3) is 3.25. The lowest BCUT2D eigenvalue weighted by atomic mass is 10.2. The summed E-state index contributed by atoms with van der Waals surface area (Å²) in [6.07, 6.45) is -1.48. The highest BCUT2D eigenvalue weighted by atomic mass is 19.3. The molecule has 0 bridgehead atoms. The normalized spacial score (nSPS) is 14.2. The smallest absolute Gasteiger partial charge is 0.282 e. The molecule has 1 N–H and O–H groups in total. The number of hydrogen-bond acceptors (Lipinski definition) is 2. The first-order valence-electron chi connectivity index (χ1n) is 7.37. The second-order valence-corrected chi connectivity index (χ2v) is 5.72. The van der Waals surface area contributed by atoms with Gasteiger partial charge in [-0.15, -0.1) is 0 Å². The van der Waals surface area contributed by atoms with Gasteiger partial charge in [0.15, 0.2) is 23.3 Å². The number of aromatic nitrogens is 2. The number of anilines is 1. The largest absolute Gasteiger partial charge is 0.319 e. The van der Waals surface area contributed by atoms with Crippen LogP contribution in [0.3, 0.4) is 0 Å². The van der Waals surface area contributed by atoms with Crippen LogP contribution in [0.1, 0.15) is 36.6 Å². The van der Waals surface area contributed by atoms with Crippen LogP contribution >= 0.6 is 0 Å². The molecule has 140 valence electrons. The fourth-order valence-electron chi connectivity index (χ4n) is 2.42. The number of carbonyl (C=O) groups is 1. The van der Waals surface area contributed by atoms with Crippen molar-refractivity contribution in [2.24, 2.45) is 0 Å². The van der Waals surface area contributed by atoms with E-state index < -0.39 is 59.3 Å². The maximum atomic E-state index is 13.6. The molecule has 3 rings (SSSR count). The summed E-state index contributed by atoms with van der Waals surface area (Å²) in [7, 11) is 0. The fourth-order valence-corrected chi connectivity index (χ4v) is 2.42. The van der Waals surface area contributed by atoms with E-state index in [-0.39, 0.29) is 5.92 Å². The van der Waals surface area contributed by atoms with Crippen molar-refractivity contribution in [1.29, 1.82) is 0 Å². The fraction of sp³-hybridized carbons (Fsp3) is 0.333. The summed E-state index contributed by atoms with van der Waals surface area (Å²) in [5.41, 5.74) is -1.75. The van der Waals surface area contributed by atoms with Crippen molar-refractivity contribution >= 4 is 11.6 Å². The van der Waals surface area contributed by atoms with E-state index in [0.29, 0.717) is 18.5 Å². The Bertz CT molecular complexity index is 848. The van der Waals surface area contributed by atoms with Gasteiger partial charge in [0.1, 0.15) is 17.9 Å². The molecule has 0 atom stereocenters. The van der Waals surface area contributed by atoms with Crippen molar-refractivity contribution in [1.82, 2.24) is 9.78 Å². The van der Waals surface area contributed by atoms with Crippen molar-refractivity contribution < 1.29 is 35.5 Å². The van der Waals surface area contributed by atoms with E-state index in [1.807, 2.05) is 0 Å². The van der Waals surface area contributed by atoms with E-state index in [2.05, 4.69) is 5.10 Å². The lowest BCUT2D eigenvalue weighted by Crippen LogP contribution is -2.23. The standard InChI is InChI=1S/C15H10F7N3O/c16-9-10(17)12(19)14(13(20)11(9)18)23-8(26)4-25-7(5-1-2-5)3-6(24-25)15(21)22/h3,5,15H,1-2,4H2,(H,23,26). The summed E-state index contributed by atoms with van der Waals surface area (Å²) < 4.78 is 92.9. The minimum Gasteiger partial charge on any atom is -0.319 e. The molecule has 1 heterocycles. The number of nitrogens with one attached hydrogen (secondary N) is 1. The Kier molecular flexibility index (Phi) is 4.63. The summed E-state index contributed by atoms with van der Waals surface area (Å²) in [5, 5.41) is 5.13. The zero-order valence-electron chi connectivity index (χ0n) is 12.8. The third-order valence-electron chi connectivity index (χ3n) is 3.82. The summed E-state index contributed by atoms with van der Waals surface area (Å²) in [6, 6.07) is 1.12. The zero-order valence-corrected chi connectivity index (χ0v) is 12.8. The molecule has 11 heteroatoms. The predicted octanol–water partition coefficient (Wildman–Crippen LogP) is 4.03. The van der Waals surface area contributed by atoms with E-state index in [4.69, 9.17) is 0 Å². The Labute approximate surface area is 141 Å². The molecule has 1 saturated carbocycles. The van der Waals surface area contributed by atoms with Gasteiger partial charge in [0, 0.05) is 11.6 Å². The van der Waals surface area contributed by atoms with Crippen LogP contribution in [0.2, 0.25) is 0 Å². The van der Waals surface area contributed by atoms with E-state index >= 15 is 0 Å². The number of benzene rings is 1. The third-order valence-corrected chi connectivity index (χ3v) is 3.82. The van der Waals surface area contributed by atoms with Crippen LogP contribution in [0.25, 0.3) is 0 Å². The minimum absolute atomic E-state index is 0.0722. The van der Waals surface area contributed by atoms with Crippen molar-refractivity contribution in [2.45, 2.75) is 31.7 Å². The van der Waals surface area contributed by atoms with Gasteiger partial charge in [0.25, 0.3) is 6.43 Å². The summed E-state index contributed by atoms with van der Waals surface area (Å²) in [6.45, 7) is -0.724. The molecule has 1 aliphatic carbocycles. The molecular weight excluding hydrogens is 371 g/mol. The minimum atomic E-state index is -2.88. The average Bonchev–Trinajstić information content (AvgIpc) is 3.35. The monoisotopic (exact) mass is 381 g/mol. The first kappa shape index (κ1) is 18.2. The van der Waals surface area contributed by atoms with Crippen LogP contribution in [0.4, 0.5) is 36.4 Å². The highest BCUT2D eigenvalue weighted by Crippen LogP contribution is 2.41. The second kappa shape index (κ2) is 6.61. The van der Waals surface area contributed by atoms with Gasteiger partial charge in [-0.3, -0.25) is 9.48 Å². The molecule has 0 saturated heterocycles. The number of carbonyl (C=O) groups excluding carboxylic acids is 1. The number of nitrogens with zero attached hydrogens (tertiary/aromatic N) is 2. The molecule has 1 aromatic heterocycles. The number of alkyl halides is 2. The number of rotatable bonds is 5. The summed E-state index contributed by atoms with van der Waals surface area (Å²) >= 11 is 0. The van der Waals surface area contributed by atoms with Crippen molar-refractivity contribution in [2.75, 3.05) is 5.32 Å². The molecule has 2 aromatic rings. The van der Waals surface area contributed by atoms with Gasteiger partial charge in [0.05, 0.1) is 0 Å². The van der Waals surface area contributed by atoms with Crippen LogP contribution in [0, 0.1) is 29.1 Å². The number of amides is 1. The van der Waals surface area contributed by atoms with Gasteiger partial charge >= 0.3 is 0 Å². The van der Waals surface area contributed by atoms with Gasteiger partial charge in [-0.1, -0.05) is 0 Å². The summed E-state index contributed by atoms with van der Waals surface area (Å²) in [5.74, 6) is -12.4. The van der Waals surface area contributed by atoms with E-state index in [1.54, 1.807) is 5.32 Å². The van der Waals surface area contributed by atoms with Gasteiger partial charge < -0.3 is 5.32 Å². The predicted molar refractivity (Wildman–Crippen MR) is 74.0 cm³/mol. The number of halogens is 7. The zero-order chi connectivity index (χ0) is 19.2. The Morgan fingerprint density at radius 1 is 1.08 bits per heavy atom. The van der Waals surface area contributed by atoms with Gasteiger partial charge in [0.2, 0.25) is 11.7 Å². The lowest BCUT2D eigenvalue weighted by Gasteiger charge is -2.11. The average molecular weight is 381 g/mol. The SMILES string of the molecule is O=C(Cn1nc(C(F)F)cc1C1CC1)Nc1c(F)c(F)c(F)c(F)c1F. The quantitative estimate of drug-likeness (QED) is 0.483. The molecule has 26 heavy (non-hydrogen) atoms. The molecule has 0 spiro atoms. The Hall–Kier alpha value is -2.59. The molecule has 1 amide bonds. The van der Waals surface area contributed by atoms with Crippen molar-refractivity contribution in [3.63, 3.8) is 0 Å². The van der Waals surface area contributed by atoms with E-state index in [1.165, 1.54) is 0 Å².